The normalized spacial score (nSPS) is 39.3. The van der Waals surface area contributed by atoms with E-state index in [1.807, 2.05) is 0 Å². The van der Waals surface area contributed by atoms with Crippen molar-refractivity contribution in [1.29, 1.82) is 0 Å². The van der Waals surface area contributed by atoms with Gasteiger partial charge in [-0.1, -0.05) is 59.3 Å². The number of alkyl halides is 1. The van der Waals surface area contributed by atoms with Crippen molar-refractivity contribution in [2.75, 3.05) is 0 Å². The topological polar surface area (TPSA) is 0 Å². The molecule has 2 bridgehead atoms. The summed E-state index contributed by atoms with van der Waals surface area (Å²) < 4.78 is 0.631. The van der Waals surface area contributed by atoms with Crippen LogP contribution in [0.25, 0.3) is 0 Å². The summed E-state index contributed by atoms with van der Waals surface area (Å²) in [6, 6.07) is 11.2. The van der Waals surface area contributed by atoms with Crippen molar-refractivity contribution in [2.24, 2.45) is 0 Å². The Morgan fingerprint density at radius 3 is 2.53 bits per heavy atom. The van der Waals surface area contributed by atoms with Crippen LogP contribution in [0.5, 0.6) is 0 Å². The van der Waals surface area contributed by atoms with E-state index in [2.05, 4.69) is 52.9 Å². The van der Waals surface area contributed by atoms with Gasteiger partial charge < -0.3 is 0 Å². The molecule has 0 amide bonds. The fourth-order valence-corrected chi connectivity index (χ4v) is 4.98. The Bertz CT molecular complexity index is 359. The zero-order valence-corrected chi connectivity index (χ0v) is 11.2. The summed E-state index contributed by atoms with van der Waals surface area (Å²) in [6.45, 7) is 0. The number of hydrogen-bond donors (Lipinski definition) is 0. The molecule has 0 N–H and O–H groups in total. The maximum absolute atomic E-state index is 2.73. The highest BCUT2D eigenvalue weighted by atomic mass is 127. The largest absolute Gasteiger partial charge is 0.0788 e. The van der Waals surface area contributed by atoms with Gasteiger partial charge in [0.2, 0.25) is 0 Å². The van der Waals surface area contributed by atoms with Gasteiger partial charge in [-0.05, 0) is 43.1 Å². The SMILES string of the molecule is I[C@@]12CCC[C@@](c3ccccc3)(CC1)C2. The van der Waals surface area contributed by atoms with Crippen LogP contribution in [0.1, 0.15) is 44.1 Å². The van der Waals surface area contributed by atoms with Crippen LogP contribution in [0, 0.1) is 0 Å². The molecular formula is C14H17I. The van der Waals surface area contributed by atoms with Gasteiger partial charge in [0, 0.05) is 3.42 Å². The molecule has 0 radical (unpaired) electrons. The zero-order valence-electron chi connectivity index (χ0n) is 9.01. The van der Waals surface area contributed by atoms with Gasteiger partial charge in [-0.25, -0.2) is 0 Å². The van der Waals surface area contributed by atoms with Crippen molar-refractivity contribution in [3.8, 4) is 0 Å². The molecule has 3 rings (SSSR count). The van der Waals surface area contributed by atoms with Crippen molar-refractivity contribution in [3.63, 3.8) is 0 Å². The molecule has 0 nitrogen and oxygen atoms in total. The standard InChI is InChI=1S/C14H17I/c15-14-8-4-7-13(11-14,9-10-14)12-5-2-1-3-6-12/h1-3,5-6H,4,7-11H2/t13-,14+/m1/s1. The van der Waals surface area contributed by atoms with Gasteiger partial charge in [-0.3, -0.25) is 0 Å². The lowest BCUT2D eigenvalue weighted by Gasteiger charge is -2.37. The highest BCUT2D eigenvalue weighted by molar-refractivity contribution is 14.1. The molecule has 0 aromatic heterocycles. The highest BCUT2D eigenvalue weighted by Gasteiger charge is 2.50. The molecule has 2 saturated carbocycles. The molecule has 1 aromatic carbocycles. The highest BCUT2D eigenvalue weighted by Crippen LogP contribution is 2.58. The Morgan fingerprint density at radius 2 is 1.73 bits per heavy atom. The summed E-state index contributed by atoms with van der Waals surface area (Å²) >= 11 is 2.73. The van der Waals surface area contributed by atoms with E-state index in [1.165, 1.54) is 38.5 Å². The van der Waals surface area contributed by atoms with E-state index in [1.54, 1.807) is 5.56 Å². The third-order valence-corrected chi connectivity index (χ3v) is 5.83. The van der Waals surface area contributed by atoms with Gasteiger partial charge in [-0.2, -0.15) is 0 Å². The van der Waals surface area contributed by atoms with Crippen LogP contribution < -0.4 is 0 Å². The Hall–Kier alpha value is -0.0500. The smallest absolute Gasteiger partial charge is 0.0231 e. The van der Waals surface area contributed by atoms with E-state index in [-0.39, 0.29) is 0 Å². The van der Waals surface area contributed by atoms with Gasteiger partial charge in [0.1, 0.15) is 0 Å². The summed E-state index contributed by atoms with van der Waals surface area (Å²) in [4.78, 5) is 0. The molecule has 1 aromatic rings. The molecule has 2 aliphatic rings. The fourth-order valence-electron chi connectivity index (χ4n) is 3.60. The quantitative estimate of drug-likeness (QED) is 0.530. The average Bonchev–Trinajstić information content (AvgIpc) is 2.52. The minimum absolute atomic E-state index is 0.542. The Labute approximate surface area is 106 Å². The third-order valence-electron chi connectivity index (χ3n) is 4.37. The molecule has 0 aliphatic heterocycles. The van der Waals surface area contributed by atoms with E-state index >= 15 is 0 Å². The molecule has 2 aliphatic carbocycles. The zero-order chi connectivity index (χ0) is 10.4. The molecule has 0 heterocycles. The van der Waals surface area contributed by atoms with Crippen LogP contribution in [-0.2, 0) is 5.41 Å². The van der Waals surface area contributed by atoms with E-state index < -0.39 is 0 Å². The number of halogens is 1. The van der Waals surface area contributed by atoms with Crippen LogP contribution >= 0.6 is 22.6 Å². The summed E-state index contributed by atoms with van der Waals surface area (Å²) in [6.07, 6.45) is 8.56. The second-order valence-electron chi connectivity index (χ2n) is 5.33. The van der Waals surface area contributed by atoms with Crippen molar-refractivity contribution in [1.82, 2.24) is 0 Å². The molecule has 15 heavy (non-hydrogen) atoms. The van der Waals surface area contributed by atoms with Crippen molar-refractivity contribution < 1.29 is 0 Å². The van der Waals surface area contributed by atoms with Gasteiger partial charge >= 0.3 is 0 Å². The number of fused-ring (bicyclic) bond motifs is 2. The lowest BCUT2D eigenvalue weighted by molar-refractivity contribution is 0.332. The number of hydrogen-bond acceptors (Lipinski definition) is 0. The molecule has 2 atom stereocenters. The van der Waals surface area contributed by atoms with Crippen molar-refractivity contribution in [3.05, 3.63) is 35.9 Å². The fraction of sp³-hybridized carbons (Fsp3) is 0.571. The van der Waals surface area contributed by atoms with Gasteiger partial charge in [0.05, 0.1) is 0 Å². The first kappa shape index (κ1) is 10.1. The molecule has 0 unspecified atom stereocenters. The maximum atomic E-state index is 2.73. The minimum atomic E-state index is 0.542. The number of rotatable bonds is 1. The predicted octanol–water partition coefficient (Wildman–Crippen LogP) is 4.47. The van der Waals surface area contributed by atoms with Gasteiger partial charge in [0.25, 0.3) is 0 Å². The maximum Gasteiger partial charge on any atom is 0.0231 e. The second kappa shape index (κ2) is 3.47. The second-order valence-corrected chi connectivity index (χ2v) is 7.62. The van der Waals surface area contributed by atoms with Crippen LogP contribution in [-0.4, -0.2) is 3.42 Å². The third kappa shape index (κ3) is 1.63. The van der Waals surface area contributed by atoms with Crippen molar-refractivity contribution in [2.45, 2.75) is 47.4 Å². The van der Waals surface area contributed by atoms with Crippen LogP contribution in [0.2, 0.25) is 0 Å². The Balaban J connectivity index is 1.99. The van der Waals surface area contributed by atoms with Crippen LogP contribution in [0.3, 0.4) is 0 Å². The van der Waals surface area contributed by atoms with E-state index in [4.69, 9.17) is 0 Å². The molecule has 0 spiro atoms. The molecule has 1 heteroatoms. The number of benzene rings is 1. The predicted molar refractivity (Wildman–Crippen MR) is 72.6 cm³/mol. The summed E-state index contributed by atoms with van der Waals surface area (Å²) in [5, 5.41) is 0. The van der Waals surface area contributed by atoms with Crippen LogP contribution in [0.4, 0.5) is 0 Å². The summed E-state index contributed by atoms with van der Waals surface area (Å²) in [5.74, 6) is 0. The van der Waals surface area contributed by atoms with Crippen molar-refractivity contribution >= 4 is 22.6 Å². The van der Waals surface area contributed by atoms with E-state index in [0.29, 0.717) is 8.84 Å². The summed E-state index contributed by atoms with van der Waals surface area (Å²) in [7, 11) is 0. The molecule has 2 fully saturated rings. The first-order valence-corrected chi connectivity index (χ1v) is 7.05. The first-order valence-electron chi connectivity index (χ1n) is 5.97. The molecule has 80 valence electrons. The molecular weight excluding hydrogens is 295 g/mol. The lowest BCUT2D eigenvalue weighted by atomic mass is 9.71. The van der Waals surface area contributed by atoms with E-state index in [9.17, 15) is 0 Å². The Kier molecular flexibility index (Phi) is 2.35. The summed E-state index contributed by atoms with van der Waals surface area (Å²) in [5.41, 5.74) is 2.14. The molecule has 0 saturated heterocycles. The van der Waals surface area contributed by atoms with E-state index in [0.717, 1.165) is 0 Å². The van der Waals surface area contributed by atoms with Gasteiger partial charge in [0.15, 0.2) is 0 Å². The Morgan fingerprint density at radius 1 is 0.933 bits per heavy atom. The monoisotopic (exact) mass is 312 g/mol. The minimum Gasteiger partial charge on any atom is -0.0788 e. The van der Waals surface area contributed by atoms with Gasteiger partial charge in [-0.15, -0.1) is 0 Å². The average molecular weight is 312 g/mol. The lowest BCUT2D eigenvalue weighted by Crippen LogP contribution is -2.31. The first-order chi connectivity index (χ1) is 7.23. The van der Waals surface area contributed by atoms with Crippen LogP contribution in [0.15, 0.2) is 30.3 Å².